The molecule has 6 nitrogen and oxygen atoms in total. The van der Waals surface area contributed by atoms with Gasteiger partial charge in [-0.3, -0.25) is 19.4 Å². The molecule has 0 unspecified atom stereocenters. The van der Waals surface area contributed by atoms with Gasteiger partial charge in [0.2, 0.25) is 11.8 Å². The molecular weight excluding hydrogens is 361 g/mol. The Hall–Kier alpha value is -3.35. The first kappa shape index (κ1) is 16.8. The Morgan fingerprint density at radius 3 is 2.54 bits per heavy atom. The topological polar surface area (TPSA) is 70.0 Å². The Bertz CT molecular complexity index is 1070. The standard InChI is InChI=1S/C21H16FN3O3/c1-11(26)18-16-17(19-15-8-3-2-5-12(15)10-23-25(18)19)21(28)24(20(16)27)14-7-4-6-13(22)9-14/h2-10,16-19H,1H3/t16-,17+,18+,19-/m1/s1. The number of hydrogen-bond donors (Lipinski definition) is 0. The molecular formula is C21H16FN3O3. The van der Waals surface area contributed by atoms with Crippen molar-refractivity contribution in [3.63, 3.8) is 0 Å². The summed E-state index contributed by atoms with van der Waals surface area (Å²) in [6.07, 6.45) is 1.65. The number of carbonyl (C=O) groups excluding carboxylic acids is 3. The van der Waals surface area contributed by atoms with Gasteiger partial charge in [-0.2, -0.15) is 5.10 Å². The summed E-state index contributed by atoms with van der Waals surface area (Å²) in [5.74, 6) is -3.26. The summed E-state index contributed by atoms with van der Waals surface area (Å²) in [5, 5.41) is 6.00. The first-order valence-electron chi connectivity index (χ1n) is 9.04. The van der Waals surface area contributed by atoms with Gasteiger partial charge in [-0.15, -0.1) is 0 Å². The number of imide groups is 1. The Morgan fingerprint density at radius 1 is 1.04 bits per heavy atom. The summed E-state index contributed by atoms with van der Waals surface area (Å²) < 4.78 is 13.7. The van der Waals surface area contributed by atoms with E-state index in [1.165, 1.54) is 25.1 Å². The van der Waals surface area contributed by atoms with Crippen LogP contribution in [0.3, 0.4) is 0 Å². The van der Waals surface area contributed by atoms with Crippen LogP contribution in [0.25, 0.3) is 0 Å². The third kappa shape index (κ3) is 2.13. The van der Waals surface area contributed by atoms with Gasteiger partial charge >= 0.3 is 0 Å². The first-order valence-corrected chi connectivity index (χ1v) is 9.04. The van der Waals surface area contributed by atoms with Crippen molar-refractivity contribution in [2.24, 2.45) is 16.9 Å². The fourth-order valence-electron chi connectivity index (χ4n) is 4.69. The van der Waals surface area contributed by atoms with E-state index in [1.807, 2.05) is 24.3 Å². The van der Waals surface area contributed by atoms with Crippen LogP contribution in [0.5, 0.6) is 0 Å². The lowest BCUT2D eigenvalue weighted by Gasteiger charge is -2.33. The minimum Gasteiger partial charge on any atom is -0.298 e. The smallest absolute Gasteiger partial charge is 0.240 e. The second-order valence-corrected chi connectivity index (χ2v) is 7.30. The molecule has 0 radical (unpaired) electrons. The molecule has 4 atom stereocenters. The Morgan fingerprint density at radius 2 is 1.79 bits per heavy atom. The molecule has 140 valence electrons. The maximum Gasteiger partial charge on any atom is 0.240 e. The van der Waals surface area contributed by atoms with Gasteiger partial charge in [-0.1, -0.05) is 30.3 Å². The number of halogens is 1. The molecule has 2 saturated heterocycles. The predicted molar refractivity (Wildman–Crippen MR) is 99.0 cm³/mol. The van der Waals surface area contributed by atoms with E-state index in [9.17, 15) is 18.8 Å². The molecule has 3 heterocycles. The zero-order valence-corrected chi connectivity index (χ0v) is 14.9. The van der Waals surface area contributed by atoms with Crippen molar-refractivity contribution in [3.05, 3.63) is 65.5 Å². The second-order valence-electron chi connectivity index (χ2n) is 7.30. The average molecular weight is 377 g/mol. The van der Waals surface area contributed by atoms with Crippen LogP contribution in [0.4, 0.5) is 10.1 Å². The van der Waals surface area contributed by atoms with Crippen molar-refractivity contribution >= 4 is 29.5 Å². The lowest BCUT2D eigenvalue weighted by molar-refractivity contribution is -0.129. The monoisotopic (exact) mass is 377 g/mol. The third-order valence-corrected chi connectivity index (χ3v) is 5.78. The number of benzene rings is 2. The summed E-state index contributed by atoms with van der Waals surface area (Å²) in [7, 11) is 0. The van der Waals surface area contributed by atoms with Gasteiger partial charge in [0, 0.05) is 0 Å². The van der Waals surface area contributed by atoms with Gasteiger partial charge in [0.25, 0.3) is 0 Å². The number of amides is 2. The second kappa shape index (κ2) is 5.82. The van der Waals surface area contributed by atoms with Crippen molar-refractivity contribution in [2.45, 2.75) is 19.0 Å². The predicted octanol–water partition coefficient (Wildman–Crippen LogP) is 2.29. The van der Waals surface area contributed by atoms with Crippen LogP contribution in [0.2, 0.25) is 0 Å². The summed E-state index contributed by atoms with van der Waals surface area (Å²) in [5.41, 5.74) is 1.90. The highest BCUT2D eigenvalue weighted by molar-refractivity contribution is 6.24. The number of anilines is 1. The SMILES string of the molecule is CC(=O)[C@H]1[C@@H]2C(=O)N(c3cccc(F)c3)C(=O)[C@@H]2[C@H]2c3ccccc3C=NN21. The molecule has 28 heavy (non-hydrogen) atoms. The minimum atomic E-state index is -0.846. The van der Waals surface area contributed by atoms with E-state index in [0.717, 1.165) is 22.1 Å². The molecule has 0 spiro atoms. The number of Topliss-reactive ketones (excluding diaryl/α,β-unsaturated/α-hetero) is 1. The van der Waals surface area contributed by atoms with E-state index in [4.69, 9.17) is 0 Å². The molecule has 0 aliphatic carbocycles. The van der Waals surface area contributed by atoms with Crippen molar-refractivity contribution < 1.29 is 18.8 Å². The Labute approximate surface area is 160 Å². The van der Waals surface area contributed by atoms with E-state index < -0.39 is 41.6 Å². The molecule has 5 rings (SSSR count). The van der Waals surface area contributed by atoms with Gasteiger partial charge in [0.15, 0.2) is 5.78 Å². The molecule has 2 aromatic carbocycles. The average Bonchev–Trinajstić information content (AvgIpc) is 3.15. The van der Waals surface area contributed by atoms with Crippen molar-refractivity contribution in [1.29, 1.82) is 0 Å². The van der Waals surface area contributed by atoms with Crippen LogP contribution in [-0.4, -0.2) is 34.9 Å². The largest absolute Gasteiger partial charge is 0.298 e. The van der Waals surface area contributed by atoms with Crippen LogP contribution in [-0.2, 0) is 14.4 Å². The lowest BCUT2D eigenvalue weighted by atomic mass is 9.84. The van der Waals surface area contributed by atoms with Gasteiger partial charge < -0.3 is 0 Å². The molecule has 3 aliphatic rings. The summed E-state index contributed by atoms with van der Waals surface area (Å²) in [6.45, 7) is 1.41. The van der Waals surface area contributed by atoms with Crippen LogP contribution in [0.1, 0.15) is 24.1 Å². The van der Waals surface area contributed by atoms with Crippen molar-refractivity contribution in [3.8, 4) is 0 Å². The van der Waals surface area contributed by atoms with Crippen LogP contribution < -0.4 is 4.90 Å². The maximum atomic E-state index is 13.7. The van der Waals surface area contributed by atoms with Gasteiger partial charge in [0.05, 0.1) is 29.8 Å². The molecule has 2 aromatic rings. The molecule has 2 amide bonds. The van der Waals surface area contributed by atoms with E-state index in [-0.39, 0.29) is 11.5 Å². The zero-order valence-electron chi connectivity index (χ0n) is 14.9. The highest BCUT2D eigenvalue weighted by atomic mass is 19.1. The number of ketones is 1. The minimum absolute atomic E-state index is 0.186. The molecule has 3 aliphatic heterocycles. The normalized spacial score (nSPS) is 27.6. The zero-order chi connectivity index (χ0) is 19.6. The summed E-state index contributed by atoms with van der Waals surface area (Å²) >= 11 is 0. The van der Waals surface area contributed by atoms with Gasteiger partial charge in [0.1, 0.15) is 11.9 Å². The number of rotatable bonds is 2. The Kier molecular flexibility index (Phi) is 3.49. The number of hydrogen-bond acceptors (Lipinski definition) is 5. The van der Waals surface area contributed by atoms with Crippen LogP contribution in [0.15, 0.2) is 53.6 Å². The van der Waals surface area contributed by atoms with Crippen molar-refractivity contribution in [2.75, 3.05) is 4.90 Å². The first-order chi connectivity index (χ1) is 13.5. The summed E-state index contributed by atoms with van der Waals surface area (Å²) in [6, 6.07) is 11.6. The molecule has 0 N–H and O–H groups in total. The van der Waals surface area contributed by atoms with Crippen molar-refractivity contribution in [1.82, 2.24) is 5.01 Å². The quantitative estimate of drug-likeness (QED) is 0.753. The highest BCUT2D eigenvalue weighted by Crippen LogP contribution is 2.52. The van der Waals surface area contributed by atoms with E-state index >= 15 is 0 Å². The third-order valence-electron chi connectivity index (χ3n) is 5.78. The fourth-order valence-corrected chi connectivity index (χ4v) is 4.69. The lowest BCUT2D eigenvalue weighted by Crippen LogP contribution is -2.43. The number of hydrazone groups is 1. The van der Waals surface area contributed by atoms with E-state index in [2.05, 4.69) is 5.10 Å². The molecule has 2 fully saturated rings. The molecule has 0 saturated carbocycles. The Balaban J connectivity index is 1.66. The molecule has 7 heteroatoms. The molecule has 0 aromatic heterocycles. The molecule has 0 bridgehead atoms. The van der Waals surface area contributed by atoms with Gasteiger partial charge in [-0.05, 0) is 36.2 Å². The van der Waals surface area contributed by atoms with E-state index in [0.29, 0.717) is 0 Å². The fraction of sp³-hybridized carbons (Fsp3) is 0.238. The number of nitrogens with zero attached hydrogens (tertiary/aromatic N) is 3. The summed E-state index contributed by atoms with van der Waals surface area (Å²) in [4.78, 5) is 40.0. The maximum absolute atomic E-state index is 13.7. The van der Waals surface area contributed by atoms with Crippen LogP contribution in [0, 0.1) is 17.7 Å². The van der Waals surface area contributed by atoms with Crippen LogP contribution >= 0.6 is 0 Å². The van der Waals surface area contributed by atoms with E-state index in [1.54, 1.807) is 11.2 Å². The number of carbonyl (C=O) groups is 3. The number of fused-ring (bicyclic) bond motifs is 5. The highest BCUT2D eigenvalue weighted by Gasteiger charge is 2.64. The van der Waals surface area contributed by atoms with Gasteiger partial charge in [-0.25, -0.2) is 9.29 Å².